The SMILES string of the molecule is CC1(C)c2cc(-c3cccc(-c4cccc5c4sc4ccccc45)c3)ccc2-c2c1c1cccnc1c1ccccc21. The summed E-state index contributed by atoms with van der Waals surface area (Å²) in [6.45, 7) is 4.75. The van der Waals surface area contributed by atoms with Crippen LogP contribution in [0.2, 0.25) is 0 Å². The van der Waals surface area contributed by atoms with Gasteiger partial charge in [-0.25, -0.2) is 0 Å². The first-order chi connectivity index (χ1) is 20.6. The third kappa shape index (κ3) is 3.22. The van der Waals surface area contributed by atoms with Crippen molar-refractivity contribution in [1.29, 1.82) is 0 Å². The Kier molecular flexibility index (Phi) is 4.89. The van der Waals surface area contributed by atoms with E-state index in [1.165, 1.54) is 80.8 Å². The predicted octanol–water partition coefficient (Wildman–Crippen LogP) is 11.4. The molecular weight excluding hydrogens is 527 g/mol. The molecular formula is C40H27NS. The zero-order chi connectivity index (χ0) is 28.0. The Hall–Kier alpha value is -4.79. The van der Waals surface area contributed by atoms with Crippen molar-refractivity contribution in [3.63, 3.8) is 0 Å². The molecule has 9 rings (SSSR count). The molecule has 6 aromatic carbocycles. The molecule has 0 saturated carbocycles. The predicted molar refractivity (Wildman–Crippen MR) is 181 cm³/mol. The molecule has 2 heteroatoms. The zero-order valence-electron chi connectivity index (χ0n) is 23.5. The van der Waals surface area contributed by atoms with Gasteiger partial charge in [-0.1, -0.05) is 111 Å². The van der Waals surface area contributed by atoms with E-state index in [4.69, 9.17) is 4.98 Å². The molecule has 2 aromatic heterocycles. The Bertz CT molecular complexity index is 2390. The molecule has 0 bridgehead atoms. The van der Waals surface area contributed by atoms with Crippen molar-refractivity contribution in [3.05, 3.63) is 139 Å². The number of fused-ring (bicyclic) bond motifs is 11. The summed E-state index contributed by atoms with van der Waals surface area (Å²) in [4.78, 5) is 4.86. The minimum atomic E-state index is -0.147. The Morgan fingerprint density at radius 2 is 1.26 bits per heavy atom. The minimum Gasteiger partial charge on any atom is -0.256 e. The maximum atomic E-state index is 4.86. The van der Waals surface area contributed by atoms with Gasteiger partial charge in [0.1, 0.15) is 0 Å². The number of benzene rings is 6. The van der Waals surface area contributed by atoms with E-state index < -0.39 is 0 Å². The zero-order valence-corrected chi connectivity index (χ0v) is 24.3. The summed E-state index contributed by atoms with van der Waals surface area (Å²) in [5.74, 6) is 0. The van der Waals surface area contributed by atoms with Crippen LogP contribution in [0.15, 0.2) is 128 Å². The first-order valence-corrected chi connectivity index (χ1v) is 15.4. The van der Waals surface area contributed by atoms with Crippen molar-refractivity contribution in [1.82, 2.24) is 4.98 Å². The normalized spacial score (nSPS) is 13.7. The number of hydrogen-bond donors (Lipinski definition) is 0. The van der Waals surface area contributed by atoms with Gasteiger partial charge in [0.25, 0.3) is 0 Å². The molecule has 0 saturated heterocycles. The topological polar surface area (TPSA) is 12.9 Å². The quantitative estimate of drug-likeness (QED) is 0.194. The number of rotatable bonds is 2. The molecule has 1 nitrogen and oxygen atoms in total. The molecule has 0 fully saturated rings. The summed E-state index contributed by atoms with van der Waals surface area (Å²) in [5, 5.41) is 6.45. The first-order valence-electron chi connectivity index (χ1n) is 14.6. The largest absolute Gasteiger partial charge is 0.256 e. The highest BCUT2D eigenvalue weighted by Gasteiger charge is 2.38. The van der Waals surface area contributed by atoms with E-state index in [2.05, 4.69) is 135 Å². The van der Waals surface area contributed by atoms with Crippen LogP contribution in [0, 0.1) is 0 Å². The highest BCUT2D eigenvalue weighted by molar-refractivity contribution is 7.26. The van der Waals surface area contributed by atoms with Crippen LogP contribution in [0.5, 0.6) is 0 Å². The highest BCUT2D eigenvalue weighted by atomic mass is 32.1. The molecule has 0 aliphatic heterocycles. The van der Waals surface area contributed by atoms with Crippen molar-refractivity contribution in [2.75, 3.05) is 0 Å². The molecule has 1 aliphatic rings. The molecule has 0 N–H and O–H groups in total. The summed E-state index contributed by atoms with van der Waals surface area (Å²) in [5.41, 5.74) is 11.5. The Balaban J connectivity index is 1.23. The lowest BCUT2D eigenvalue weighted by atomic mass is 9.79. The van der Waals surface area contributed by atoms with Crippen molar-refractivity contribution < 1.29 is 0 Å². The standard InChI is InChI=1S/C40H27NS/c1-40(2)34-23-25(19-20-32(34)36-29-13-3-4-14-30(29)38-33(37(36)40)17-9-21-41-38)24-10-7-11-26(22-24)27-15-8-16-31-28-12-5-6-18-35(28)42-39(27)31/h3-23H,1-2H3. The maximum absolute atomic E-state index is 4.86. The number of aromatic nitrogens is 1. The number of hydrogen-bond acceptors (Lipinski definition) is 2. The lowest BCUT2D eigenvalue weighted by molar-refractivity contribution is 0.666. The summed E-state index contributed by atoms with van der Waals surface area (Å²) in [6.07, 6.45) is 1.92. The highest BCUT2D eigenvalue weighted by Crippen LogP contribution is 2.55. The monoisotopic (exact) mass is 553 g/mol. The van der Waals surface area contributed by atoms with Crippen LogP contribution >= 0.6 is 11.3 Å². The van der Waals surface area contributed by atoms with Crippen LogP contribution in [0.4, 0.5) is 0 Å². The van der Waals surface area contributed by atoms with Crippen molar-refractivity contribution in [3.8, 4) is 33.4 Å². The van der Waals surface area contributed by atoms with Gasteiger partial charge in [-0.05, 0) is 74.2 Å². The summed E-state index contributed by atoms with van der Waals surface area (Å²) >= 11 is 1.89. The van der Waals surface area contributed by atoms with Crippen molar-refractivity contribution in [2.24, 2.45) is 0 Å². The molecule has 2 heterocycles. The van der Waals surface area contributed by atoms with Gasteiger partial charge in [-0.2, -0.15) is 0 Å². The van der Waals surface area contributed by atoms with Gasteiger partial charge in [0.2, 0.25) is 0 Å². The Morgan fingerprint density at radius 3 is 2.17 bits per heavy atom. The summed E-state index contributed by atoms with van der Waals surface area (Å²) in [6, 6.07) is 44.7. The van der Waals surface area contributed by atoms with Gasteiger partial charge in [-0.15, -0.1) is 11.3 Å². The van der Waals surface area contributed by atoms with E-state index in [0.717, 1.165) is 5.52 Å². The van der Waals surface area contributed by atoms with Crippen LogP contribution in [0.1, 0.15) is 25.0 Å². The Morgan fingerprint density at radius 1 is 0.548 bits per heavy atom. The molecule has 1 aliphatic carbocycles. The van der Waals surface area contributed by atoms with Gasteiger partial charge in [0.05, 0.1) is 5.52 Å². The fourth-order valence-corrected chi connectivity index (χ4v) is 8.60. The minimum absolute atomic E-state index is 0.147. The molecule has 8 aromatic rings. The van der Waals surface area contributed by atoms with E-state index >= 15 is 0 Å². The van der Waals surface area contributed by atoms with Gasteiger partial charge >= 0.3 is 0 Å². The van der Waals surface area contributed by atoms with E-state index in [0.29, 0.717) is 0 Å². The third-order valence-electron chi connectivity index (χ3n) is 9.28. The van der Waals surface area contributed by atoms with Gasteiger partial charge in [0.15, 0.2) is 0 Å². The number of pyridine rings is 1. The maximum Gasteiger partial charge on any atom is 0.0783 e. The molecule has 198 valence electrons. The van der Waals surface area contributed by atoms with E-state index in [9.17, 15) is 0 Å². The summed E-state index contributed by atoms with van der Waals surface area (Å²) in [7, 11) is 0. The van der Waals surface area contributed by atoms with Crippen molar-refractivity contribution in [2.45, 2.75) is 19.3 Å². The van der Waals surface area contributed by atoms with Gasteiger partial charge in [-0.3, -0.25) is 4.98 Å². The van der Waals surface area contributed by atoms with Gasteiger partial charge in [0, 0.05) is 42.6 Å². The fraction of sp³-hybridized carbons (Fsp3) is 0.0750. The lowest BCUT2D eigenvalue weighted by Crippen LogP contribution is -2.16. The average molecular weight is 554 g/mol. The van der Waals surface area contributed by atoms with Crippen LogP contribution in [0.3, 0.4) is 0 Å². The molecule has 0 radical (unpaired) electrons. The third-order valence-corrected chi connectivity index (χ3v) is 10.5. The summed E-state index contributed by atoms with van der Waals surface area (Å²) < 4.78 is 2.69. The van der Waals surface area contributed by atoms with Crippen LogP contribution in [0.25, 0.3) is 75.2 Å². The second kappa shape index (κ2) is 8.61. The molecule has 42 heavy (non-hydrogen) atoms. The van der Waals surface area contributed by atoms with E-state index in [1.807, 2.05) is 17.5 Å². The first kappa shape index (κ1) is 23.9. The van der Waals surface area contributed by atoms with Crippen LogP contribution < -0.4 is 0 Å². The Labute approximate surface area is 248 Å². The molecule has 0 atom stereocenters. The average Bonchev–Trinajstić information content (AvgIpc) is 3.53. The molecule has 0 spiro atoms. The van der Waals surface area contributed by atoms with Crippen LogP contribution in [-0.2, 0) is 5.41 Å². The number of nitrogens with zero attached hydrogens (tertiary/aromatic N) is 1. The smallest absolute Gasteiger partial charge is 0.0783 e. The molecule has 0 unspecified atom stereocenters. The fourth-order valence-electron chi connectivity index (χ4n) is 7.36. The van der Waals surface area contributed by atoms with Crippen LogP contribution in [-0.4, -0.2) is 4.98 Å². The van der Waals surface area contributed by atoms with Crippen molar-refractivity contribution >= 4 is 53.2 Å². The van der Waals surface area contributed by atoms with E-state index in [-0.39, 0.29) is 5.41 Å². The second-order valence-corrected chi connectivity index (χ2v) is 13.0. The van der Waals surface area contributed by atoms with E-state index in [1.54, 1.807) is 0 Å². The lowest BCUT2D eigenvalue weighted by Gasteiger charge is -2.24. The second-order valence-electron chi connectivity index (χ2n) is 11.9. The van der Waals surface area contributed by atoms with Gasteiger partial charge < -0.3 is 0 Å². The molecule has 0 amide bonds. The number of thiophene rings is 1.